The van der Waals surface area contributed by atoms with Crippen LogP contribution in [0.3, 0.4) is 0 Å². The average Bonchev–Trinajstić information content (AvgIpc) is 2.44. The SMILES string of the molecule is CC1NCCCN(c2ccc(I)nc2)C1=O. The molecule has 4 nitrogen and oxygen atoms in total. The fourth-order valence-corrected chi connectivity index (χ4v) is 2.09. The Morgan fingerprint density at radius 2 is 2.38 bits per heavy atom. The lowest BCUT2D eigenvalue weighted by atomic mass is 10.2. The number of hydrogen-bond acceptors (Lipinski definition) is 3. The monoisotopic (exact) mass is 331 g/mol. The Kier molecular flexibility index (Phi) is 3.75. The first-order valence-electron chi connectivity index (χ1n) is 5.35. The molecule has 0 saturated carbocycles. The van der Waals surface area contributed by atoms with E-state index >= 15 is 0 Å². The highest BCUT2D eigenvalue weighted by Gasteiger charge is 2.24. The Hall–Kier alpha value is -0.690. The van der Waals surface area contributed by atoms with Crippen LogP contribution in [0.5, 0.6) is 0 Å². The number of aromatic nitrogens is 1. The van der Waals surface area contributed by atoms with Crippen molar-refractivity contribution in [3.05, 3.63) is 22.0 Å². The predicted molar refractivity (Wildman–Crippen MR) is 71.4 cm³/mol. The van der Waals surface area contributed by atoms with Gasteiger partial charge in [0.15, 0.2) is 0 Å². The number of nitrogens with zero attached hydrogens (tertiary/aromatic N) is 2. The summed E-state index contributed by atoms with van der Waals surface area (Å²) in [4.78, 5) is 18.1. The third-order valence-electron chi connectivity index (χ3n) is 2.67. The minimum atomic E-state index is -0.109. The van der Waals surface area contributed by atoms with Crippen LogP contribution in [0, 0.1) is 3.70 Å². The lowest BCUT2D eigenvalue weighted by Crippen LogP contribution is -2.41. The molecule has 1 amide bonds. The van der Waals surface area contributed by atoms with E-state index in [4.69, 9.17) is 0 Å². The summed E-state index contributed by atoms with van der Waals surface area (Å²) in [6.07, 6.45) is 2.74. The van der Waals surface area contributed by atoms with Gasteiger partial charge in [-0.15, -0.1) is 0 Å². The van der Waals surface area contributed by atoms with Gasteiger partial charge in [0, 0.05) is 6.54 Å². The molecule has 16 heavy (non-hydrogen) atoms. The minimum Gasteiger partial charge on any atom is -0.310 e. The number of anilines is 1. The zero-order valence-electron chi connectivity index (χ0n) is 9.11. The Balaban J connectivity index is 2.24. The van der Waals surface area contributed by atoms with E-state index < -0.39 is 0 Å². The molecule has 0 aromatic carbocycles. The zero-order chi connectivity index (χ0) is 11.5. The molecule has 2 heterocycles. The summed E-state index contributed by atoms with van der Waals surface area (Å²) in [5.41, 5.74) is 0.890. The van der Waals surface area contributed by atoms with Gasteiger partial charge < -0.3 is 10.2 Å². The maximum Gasteiger partial charge on any atom is 0.243 e. The van der Waals surface area contributed by atoms with Crippen LogP contribution in [0.4, 0.5) is 5.69 Å². The molecule has 1 fully saturated rings. The quantitative estimate of drug-likeness (QED) is 0.625. The van der Waals surface area contributed by atoms with Crippen LogP contribution in [0.2, 0.25) is 0 Å². The fraction of sp³-hybridized carbons (Fsp3) is 0.455. The molecule has 0 spiro atoms. The molecular weight excluding hydrogens is 317 g/mol. The number of hydrogen-bond donors (Lipinski definition) is 1. The second kappa shape index (κ2) is 5.09. The van der Waals surface area contributed by atoms with E-state index in [9.17, 15) is 4.79 Å². The second-order valence-electron chi connectivity index (χ2n) is 3.86. The van der Waals surface area contributed by atoms with Gasteiger partial charge in [0.25, 0.3) is 0 Å². The molecule has 1 aromatic heterocycles. The largest absolute Gasteiger partial charge is 0.310 e. The molecule has 1 saturated heterocycles. The Labute approximate surface area is 109 Å². The second-order valence-corrected chi connectivity index (χ2v) is 4.96. The van der Waals surface area contributed by atoms with Crippen LogP contribution in [-0.4, -0.2) is 30.0 Å². The average molecular weight is 331 g/mol. The summed E-state index contributed by atoms with van der Waals surface area (Å²) >= 11 is 2.16. The van der Waals surface area contributed by atoms with Gasteiger partial charge in [-0.3, -0.25) is 4.79 Å². The summed E-state index contributed by atoms with van der Waals surface area (Å²) in [5, 5.41) is 3.19. The summed E-state index contributed by atoms with van der Waals surface area (Å²) in [5.74, 6) is 0.125. The maximum atomic E-state index is 12.1. The van der Waals surface area contributed by atoms with Crippen molar-refractivity contribution in [3.8, 4) is 0 Å². The van der Waals surface area contributed by atoms with Crippen molar-refractivity contribution in [2.24, 2.45) is 0 Å². The van der Waals surface area contributed by atoms with Crippen molar-refractivity contribution < 1.29 is 4.79 Å². The summed E-state index contributed by atoms with van der Waals surface area (Å²) in [7, 11) is 0. The van der Waals surface area contributed by atoms with Crippen molar-refractivity contribution in [3.63, 3.8) is 0 Å². The van der Waals surface area contributed by atoms with E-state index in [1.54, 1.807) is 6.20 Å². The number of amides is 1. The number of rotatable bonds is 1. The van der Waals surface area contributed by atoms with Crippen LogP contribution in [0.15, 0.2) is 18.3 Å². The van der Waals surface area contributed by atoms with Crippen LogP contribution >= 0.6 is 22.6 Å². The van der Waals surface area contributed by atoms with Crippen molar-refractivity contribution in [1.82, 2.24) is 10.3 Å². The summed E-state index contributed by atoms with van der Waals surface area (Å²) in [6.45, 7) is 3.56. The molecule has 1 atom stereocenters. The first-order valence-corrected chi connectivity index (χ1v) is 6.42. The highest BCUT2D eigenvalue weighted by atomic mass is 127. The van der Waals surface area contributed by atoms with Gasteiger partial charge >= 0.3 is 0 Å². The van der Waals surface area contributed by atoms with E-state index in [0.29, 0.717) is 0 Å². The van der Waals surface area contributed by atoms with Crippen LogP contribution in [0.1, 0.15) is 13.3 Å². The zero-order valence-corrected chi connectivity index (χ0v) is 11.3. The van der Waals surface area contributed by atoms with Gasteiger partial charge in [-0.05, 0) is 54.6 Å². The maximum absolute atomic E-state index is 12.1. The van der Waals surface area contributed by atoms with Gasteiger partial charge in [0.2, 0.25) is 5.91 Å². The molecule has 5 heteroatoms. The molecule has 0 radical (unpaired) electrons. The third-order valence-corrected chi connectivity index (χ3v) is 3.31. The van der Waals surface area contributed by atoms with Crippen LogP contribution in [0.25, 0.3) is 0 Å². The first kappa shape index (κ1) is 11.8. The molecule has 1 aromatic rings. The summed E-state index contributed by atoms with van der Waals surface area (Å²) < 4.78 is 0.940. The van der Waals surface area contributed by atoms with Gasteiger partial charge in [-0.2, -0.15) is 0 Å². The predicted octanol–water partition coefficient (Wildman–Crippen LogP) is 1.40. The van der Waals surface area contributed by atoms with E-state index in [1.165, 1.54) is 0 Å². The van der Waals surface area contributed by atoms with Crippen LogP contribution in [-0.2, 0) is 4.79 Å². The third kappa shape index (κ3) is 2.52. The van der Waals surface area contributed by atoms with E-state index in [2.05, 4.69) is 32.9 Å². The van der Waals surface area contributed by atoms with Crippen molar-refractivity contribution in [1.29, 1.82) is 0 Å². The smallest absolute Gasteiger partial charge is 0.243 e. The molecule has 1 unspecified atom stereocenters. The molecule has 1 N–H and O–H groups in total. The Bertz CT molecular complexity index is 379. The van der Waals surface area contributed by atoms with Gasteiger partial charge in [0.05, 0.1) is 17.9 Å². The van der Waals surface area contributed by atoms with Gasteiger partial charge in [-0.25, -0.2) is 4.98 Å². The lowest BCUT2D eigenvalue weighted by molar-refractivity contribution is -0.119. The molecule has 1 aliphatic rings. The van der Waals surface area contributed by atoms with E-state index in [-0.39, 0.29) is 11.9 Å². The molecule has 86 valence electrons. The first-order chi connectivity index (χ1) is 7.68. The molecule has 0 bridgehead atoms. The topological polar surface area (TPSA) is 45.2 Å². The summed E-state index contributed by atoms with van der Waals surface area (Å²) in [6, 6.07) is 3.76. The van der Waals surface area contributed by atoms with Gasteiger partial charge in [0.1, 0.15) is 3.70 Å². The normalized spacial score (nSPS) is 22.0. The Morgan fingerprint density at radius 3 is 3.06 bits per heavy atom. The van der Waals surface area contributed by atoms with E-state index in [0.717, 1.165) is 28.9 Å². The highest BCUT2D eigenvalue weighted by molar-refractivity contribution is 14.1. The molecular formula is C11H14IN3O. The van der Waals surface area contributed by atoms with Gasteiger partial charge in [-0.1, -0.05) is 0 Å². The minimum absolute atomic E-state index is 0.109. The number of pyridine rings is 1. The number of carbonyl (C=O) groups excluding carboxylic acids is 1. The van der Waals surface area contributed by atoms with Crippen molar-refractivity contribution in [2.45, 2.75) is 19.4 Å². The number of nitrogens with one attached hydrogen (secondary N) is 1. The Morgan fingerprint density at radius 1 is 1.56 bits per heavy atom. The van der Waals surface area contributed by atoms with E-state index in [1.807, 2.05) is 24.0 Å². The van der Waals surface area contributed by atoms with Crippen molar-refractivity contribution >= 4 is 34.2 Å². The highest BCUT2D eigenvalue weighted by Crippen LogP contribution is 2.17. The standard InChI is InChI=1S/C11H14IN3O/c1-8-11(16)15(6-2-5-13-8)9-3-4-10(12)14-7-9/h3-4,7-8,13H,2,5-6H2,1H3. The van der Waals surface area contributed by atoms with Crippen LogP contribution < -0.4 is 10.2 Å². The van der Waals surface area contributed by atoms with Crippen molar-refractivity contribution in [2.75, 3.05) is 18.0 Å². The fourth-order valence-electron chi connectivity index (χ4n) is 1.77. The molecule has 0 aliphatic carbocycles. The number of carbonyl (C=O) groups is 1. The lowest BCUT2D eigenvalue weighted by Gasteiger charge is -2.22. The number of halogens is 1. The molecule has 1 aliphatic heterocycles. The molecule has 2 rings (SSSR count).